The van der Waals surface area contributed by atoms with Crippen LogP contribution in [0.4, 0.5) is 0 Å². The number of hydrogen-bond donors (Lipinski definition) is 1. The van der Waals surface area contributed by atoms with Crippen LogP contribution in [0.5, 0.6) is 0 Å². The largest absolute Gasteiger partial charge is 0.481 e. The maximum Gasteiger partial charge on any atom is 0.303 e. The van der Waals surface area contributed by atoms with Gasteiger partial charge in [0.05, 0.1) is 12.6 Å². The van der Waals surface area contributed by atoms with Crippen molar-refractivity contribution >= 4 is 11.9 Å². The van der Waals surface area contributed by atoms with Gasteiger partial charge in [-0.05, 0) is 13.8 Å². The fraction of sp³-hybridized carbons (Fsp3) is 0.667. The molecule has 1 N–H and O–H groups in total. The quantitative estimate of drug-likeness (QED) is 0.838. The standard InChI is InChI=1S/C15H24N4O3/c1-3-19-12(2)13(10-16-19)11-17-6-8-18(9-7-17)14(20)4-5-15(21)22/h10H,3-9,11H2,1-2H3,(H,21,22). The minimum atomic E-state index is -0.921. The molecule has 0 saturated carbocycles. The Hall–Kier alpha value is -1.89. The molecule has 0 aliphatic carbocycles. The molecule has 1 amide bonds. The van der Waals surface area contributed by atoms with Crippen molar-refractivity contribution in [1.29, 1.82) is 0 Å². The van der Waals surface area contributed by atoms with E-state index in [9.17, 15) is 9.59 Å². The highest BCUT2D eigenvalue weighted by Crippen LogP contribution is 2.13. The summed E-state index contributed by atoms with van der Waals surface area (Å²) in [6.45, 7) is 8.84. The van der Waals surface area contributed by atoms with Gasteiger partial charge in [0.25, 0.3) is 0 Å². The summed E-state index contributed by atoms with van der Waals surface area (Å²) in [5.41, 5.74) is 2.43. The molecular formula is C15H24N4O3. The highest BCUT2D eigenvalue weighted by atomic mass is 16.4. The summed E-state index contributed by atoms with van der Waals surface area (Å²) in [7, 11) is 0. The van der Waals surface area contributed by atoms with Gasteiger partial charge >= 0.3 is 5.97 Å². The van der Waals surface area contributed by atoms with Crippen LogP contribution in [0.2, 0.25) is 0 Å². The third kappa shape index (κ3) is 4.07. The SMILES string of the molecule is CCn1ncc(CN2CCN(C(=O)CCC(=O)O)CC2)c1C. The number of amides is 1. The van der Waals surface area contributed by atoms with E-state index in [2.05, 4.69) is 23.8 Å². The lowest BCUT2D eigenvalue weighted by Crippen LogP contribution is -2.48. The maximum absolute atomic E-state index is 11.9. The average molecular weight is 308 g/mol. The van der Waals surface area contributed by atoms with Crippen molar-refractivity contribution in [3.05, 3.63) is 17.5 Å². The van der Waals surface area contributed by atoms with Crippen LogP contribution in [0.3, 0.4) is 0 Å². The molecule has 7 heteroatoms. The van der Waals surface area contributed by atoms with Gasteiger partial charge in [0.2, 0.25) is 5.91 Å². The summed E-state index contributed by atoms with van der Waals surface area (Å²) in [6.07, 6.45) is 1.93. The van der Waals surface area contributed by atoms with Crippen molar-refractivity contribution < 1.29 is 14.7 Å². The minimum Gasteiger partial charge on any atom is -0.481 e. The smallest absolute Gasteiger partial charge is 0.303 e. The van der Waals surface area contributed by atoms with Gasteiger partial charge in [0.15, 0.2) is 0 Å². The minimum absolute atomic E-state index is 0.0583. The first-order chi connectivity index (χ1) is 10.5. The number of aryl methyl sites for hydroxylation is 1. The molecule has 122 valence electrons. The Balaban J connectivity index is 1.80. The molecule has 1 aliphatic heterocycles. The maximum atomic E-state index is 11.9. The monoisotopic (exact) mass is 308 g/mol. The summed E-state index contributed by atoms with van der Waals surface area (Å²) in [5.74, 6) is -0.979. The van der Waals surface area contributed by atoms with Crippen LogP contribution in [0.15, 0.2) is 6.20 Å². The molecule has 0 bridgehead atoms. The number of hydrogen-bond acceptors (Lipinski definition) is 4. The fourth-order valence-corrected chi connectivity index (χ4v) is 2.73. The van der Waals surface area contributed by atoms with Gasteiger partial charge in [0, 0.05) is 56.9 Å². The lowest BCUT2D eigenvalue weighted by Gasteiger charge is -2.34. The number of carboxylic acid groups (broad SMARTS) is 1. The zero-order chi connectivity index (χ0) is 16.1. The zero-order valence-corrected chi connectivity index (χ0v) is 13.3. The molecular weight excluding hydrogens is 284 g/mol. The number of aromatic nitrogens is 2. The normalized spacial score (nSPS) is 16.0. The molecule has 22 heavy (non-hydrogen) atoms. The van der Waals surface area contributed by atoms with E-state index in [0.29, 0.717) is 13.1 Å². The predicted molar refractivity (Wildman–Crippen MR) is 81.4 cm³/mol. The lowest BCUT2D eigenvalue weighted by atomic mass is 10.2. The molecule has 0 unspecified atom stereocenters. The first-order valence-electron chi connectivity index (χ1n) is 7.74. The van der Waals surface area contributed by atoms with Crippen LogP contribution in [0.25, 0.3) is 0 Å². The summed E-state index contributed by atoms with van der Waals surface area (Å²) in [6, 6.07) is 0. The van der Waals surface area contributed by atoms with Crippen LogP contribution >= 0.6 is 0 Å². The second kappa shape index (κ2) is 7.40. The van der Waals surface area contributed by atoms with E-state index in [0.717, 1.165) is 26.2 Å². The third-order valence-corrected chi connectivity index (χ3v) is 4.18. The van der Waals surface area contributed by atoms with Gasteiger partial charge in [-0.15, -0.1) is 0 Å². The van der Waals surface area contributed by atoms with Crippen LogP contribution in [-0.4, -0.2) is 62.7 Å². The predicted octanol–water partition coefficient (Wildman–Crippen LogP) is 0.720. The lowest BCUT2D eigenvalue weighted by molar-refractivity contribution is -0.141. The van der Waals surface area contributed by atoms with E-state index in [4.69, 9.17) is 5.11 Å². The van der Waals surface area contributed by atoms with Crippen molar-refractivity contribution in [3.8, 4) is 0 Å². The zero-order valence-electron chi connectivity index (χ0n) is 13.3. The number of aliphatic carboxylic acids is 1. The van der Waals surface area contributed by atoms with Crippen LogP contribution in [0.1, 0.15) is 31.0 Å². The number of carbonyl (C=O) groups excluding carboxylic acids is 1. The van der Waals surface area contributed by atoms with E-state index in [1.807, 2.05) is 10.9 Å². The van der Waals surface area contributed by atoms with Crippen LogP contribution in [0, 0.1) is 6.92 Å². The molecule has 2 heterocycles. The summed E-state index contributed by atoms with van der Waals surface area (Å²) in [4.78, 5) is 26.5. The molecule has 1 fully saturated rings. The Kier molecular flexibility index (Phi) is 5.54. The van der Waals surface area contributed by atoms with Gasteiger partial charge in [-0.2, -0.15) is 5.10 Å². The van der Waals surface area contributed by atoms with E-state index in [1.165, 1.54) is 11.3 Å². The number of carbonyl (C=O) groups is 2. The topological polar surface area (TPSA) is 78.7 Å². The van der Waals surface area contributed by atoms with Gasteiger partial charge in [-0.25, -0.2) is 0 Å². The van der Waals surface area contributed by atoms with Crippen molar-refractivity contribution in [3.63, 3.8) is 0 Å². The van der Waals surface area contributed by atoms with Crippen molar-refractivity contribution in [2.24, 2.45) is 0 Å². The molecule has 2 rings (SSSR count). The van der Waals surface area contributed by atoms with Gasteiger partial charge in [-0.1, -0.05) is 0 Å². The third-order valence-electron chi connectivity index (χ3n) is 4.18. The molecule has 0 atom stereocenters. The Morgan fingerprint density at radius 2 is 1.91 bits per heavy atom. The number of rotatable bonds is 6. The van der Waals surface area contributed by atoms with Crippen LogP contribution in [-0.2, 0) is 22.7 Å². The summed E-state index contributed by atoms with van der Waals surface area (Å²) >= 11 is 0. The summed E-state index contributed by atoms with van der Waals surface area (Å²) in [5, 5.41) is 13.0. The number of piperazine rings is 1. The molecule has 7 nitrogen and oxygen atoms in total. The fourth-order valence-electron chi connectivity index (χ4n) is 2.73. The first-order valence-corrected chi connectivity index (χ1v) is 7.74. The Bertz CT molecular complexity index is 533. The molecule has 0 aromatic carbocycles. The average Bonchev–Trinajstić information content (AvgIpc) is 2.86. The van der Waals surface area contributed by atoms with Crippen molar-refractivity contribution in [2.45, 2.75) is 39.8 Å². The van der Waals surface area contributed by atoms with Gasteiger partial charge in [-0.3, -0.25) is 19.2 Å². The molecule has 1 saturated heterocycles. The second-order valence-corrected chi connectivity index (χ2v) is 5.62. The molecule has 0 radical (unpaired) electrons. The van der Waals surface area contributed by atoms with E-state index in [-0.39, 0.29) is 18.7 Å². The molecule has 1 aromatic heterocycles. The Morgan fingerprint density at radius 3 is 2.45 bits per heavy atom. The van der Waals surface area contributed by atoms with E-state index < -0.39 is 5.97 Å². The summed E-state index contributed by atoms with van der Waals surface area (Å²) < 4.78 is 1.99. The Labute approximate surface area is 130 Å². The molecule has 1 aromatic rings. The van der Waals surface area contributed by atoms with Crippen molar-refractivity contribution in [2.75, 3.05) is 26.2 Å². The molecule has 0 spiro atoms. The van der Waals surface area contributed by atoms with E-state index in [1.54, 1.807) is 4.90 Å². The highest BCUT2D eigenvalue weighted by molar-refractivity contribution is 5.80. The number of nitrogens with zero attached hydrogens (tertiary/aromatic N) is 4. The number of carboxylic acids is 1. The molecule has 1 aliphatic rings. The van der Waals surface area contributed by atoms with Crippen LogP contribution < -0.4 is 0 Å². The first kappa shape index (κ1) is 16.5. The van der Waals surface area contributed by atoms with Gasteiger partial charge in [0.1, 0.15) is 0 Å². The van der Waals surface area contributed by atoms with Crippen molar-refractivity contribution in [1.82, 2.24) is 19.6 Å². The van der Waals surface area contributed by atoms with E-state index >= 15 is 0 Å². The Morgan fingerprint density at radius 1 is 1.23 bits per heavy atom. The second-order valence-electron chi connectivity index (χ2n) is 5.62. The van der Waals surface area contributed by atoms with Gasteiger partial charge < -0.3 is 10.0 Å². The highest BCUT2D eigenvalue weighted by Gasteiger charge is 2.22.